The normalized spacial score (nSPS) is 10.3. The van der Waals surface area contributed by atoms with Gasteiger partial charge in [-0.1, -0.05) is 54.1 Å². The smallest absolute Gasteiger partial charge is 0.269 e. The number of hydrogen-bond donors (Lipinski definition) is 4. The fraction of sp³-hybridized carbons (Fsp3) is 0.192. The molecule has 0 heterocycles. The summed E-state index contributed by atoms with van der Waals surface area (Å²) < 4.78 is 0. The Morgan fingerprint density at radius 1 is 0.853 bits per heavy atom. The molecule has 0 fully saturated rings. The second-order valence-corrected chi connectivity index (χ2v) is 8.63. The van der Waals surface area contributed by atoms with Crippen molar-refractivity contribution in [2.75, 3.05) is 10.6 Å². The third kappa shape index (κ3) is 8.17. The van der Waals surface area contributed by atoms with E-state index in [1.54, 1.807) is 30.3 Å². The lowest BCUT2D eigenvalue weighted by atomic mass is 10.1. The maximum atomic E-state index is 12.5. The number of anilines is 2. The van der Waals surface area contributed by atoms with Crippen molar-refractivity contribution in [2.45, 2.75) is 32.6 Å². The van der Waals surface area contributed by atoms with E-state index in [0.29, 0.717) is 28.4 Å². The molecule has 0 unspecified atom stereocenters. The lowest BCUT2D eigenvalue weighted by Crippen LogP contribution is -2.43. The van der Waals surface area contributed by atoms with Gasteiger partial charge in [-0.3, -0.25) is 20.4 Å². The lowest BCUT2D eigenvalue weighted by Gasteiger charge is -2.13. The molecular weight excluding hydrogens is 468 g/mol. The highest BCUT2D eigenvalue weighted by Gasteiger charge is 2.09. The van der Waals surface area contributed by atoms with Gasteiger partial charge in [0.05, 0.1) is 0 Å². The molecule has 8 heteroatoms. The minimum absolute atomic E-state index is 0.0779. The molecule has 0 atom stereocenters. The lowest BCUT2D eigenvalue weighted by molar-refractivity contribution is -0.116. The molecule has 3 aromatic carbocycles. The Morgan fingerprint density at radius 3 is 2.38 bits per heavy atom. The quantitative estimate of drug-likeness (QED) is 0.185. The standard InChI is InChI=1S/C26H27ClN4O2S/c1-18-14-15-22(17-23(18)27)29-26(34)31-30-25(33)20-11-7-12-21(16-20)28-24(32)13-6-5-10-19-8-3-2-4-9-19/h2-4,7-9,11-12,14-17H,5-6,10,13H2,1H3,(H,28,32)(H,30,33)(H2,29,31,34). The van der Waals surface area contributed by atoms with Crippen molar-refractivity contribution in [3.63, 3.8) is 0 Å². The van der Waals surface area contributed by atoms with E-state index >= 15 is 0 Å². The number of aryl methyl sites for hydroxylation is 2. The Kier molecular flexibility index (Phi) is 9.43. The van der Waals surface area contributed by atoms with Gasteiger partial charge < -0.3 is 10.6 Å². The van der Waals surface area contributed by atoms with Crippen LogP contribution in [-0.4, -0.2) is 16.9 Å². The van der Waals surface area contributed by atoms with Crippen LogP contribution in [0.15, 0.2) is 72.8 Å². The number of hydrazine groups is 1. The molecule has 0 saturated carbocycles. The van der Waals surface area contributed by atoms with E-state index in [9.17, 15) is 9.59 Å². The van der Waals surface area contributed by atoms with Gasteiger partial charge in [0.25, 0.3) is 5.91 Å². The monoisotopic (exact) mass is 494 g/mol. The van der Waals surface area contributed by atoms with Crippen LogP contribution in [0.3, 0.4) is 0 Å². The van der Waals surface area contributed by atoms with Gasteiger partial charge in [-0.15, -0.1) is 0 Å². The molecule has 0 spiro atoms. The Balaban J connectivity index is 1.42. The number of carbonyl (C=O) groups excluding carboxylic acids is 2. The van der Waals surface area contributed by atoms with Gasteiger partial charge in [-0.25, -0.2) is 0 Å². The number of halogens is 1. The zero-order valence-corrected chi connectivity index (χ0v) is 20.4. The minimum atomic E-state index is -0.384. The predicted molar refractivity (Wildman–Crippen MR) is 142 cm³/mol. The molecule has 3 aromatic rings. The zero-order valence-electron chi connectivity index (χ0n) is 18.9. The van der Waals surface area contributed by atoms with E-state index in [1.807, 2.05) is 37.3 Å². The molecule has 0 aliphatic carbocycles. The summed E-state index contributed by atoms with van der Waals surface area (Å²) in [5, 5.41) is 6.64. The topological polar surface area (TPSA) is 82.3 Å². The number of nitrogens with one attached hydrogen (secondary N) is 4. The van der Waals surface area contributed by atoms with Crippen molar-refractivity contribution < 1.29 is 9.59 Å². The number of carbonyl (C=O) groups is 2. The van der Waals surface area contributed by atoms with E-state index in [0.717, 1.165) is 24.8 Å². The van der Waals surface area contributed by atoms with Crippen molar-refractivity contribution in [2.24, 2.45) is 0 Å². The molecule has 3 rings (SSSR count). The fourth-order valence-corrected chi connectivity index (χ4v) is 3.59. The van der Waals surface area contributed by atoms with Gasteiger partial charge in [0.1, 0.15) is 0 Å². The highest BCUT2D eigenvalue weighted by atomic mass is 35.5. The number of benzene rings is 3. The highest BCUT2D eigenvalue weighted by Crippen LogP contribution is 2.19. The summed E-state index contributed by atoms with van der Waals surface area (Å²) in [6.07, 6.45) is 3.11. The van der Waals surface area contributed by atoms with E-state index < -0.39 is 0 Å². The molecule has 176 valence electrons. The van der Waals surface area contributed by atoms with Crippen molar-refractivity contribution in [3.8, 4) is 0 Å². The Hall–Kier alpha value is -3.42. The number of hydrogen-bond acceptors (Lipinski definition) is 3. The van der Waals surface area contributed by atoms with E-state index in [-0.39, 0.29) is 16.9 Å². The fourth-order valence-electron chi connectivity index (χ4n) is 3.24. The highest BCUT2D eigenvalue weighted by molar-refractivity contribution is 7.80. The summed E-state index contributed by atoms with van der Waals surface area (Å²) in [6, 6.07) is 22.4. The van der Waals surface area contributed by atoms with Crippen LogP contribution < -0.4 is 21.5 Å². The number of thiocarbonyl (C=S) groups is 1. The molecule has 6 nitrogen and oxygen atoms in total. The molecule has 0 aliphatic heterocycles. The largest absolute Gasteiger partial charge is 0.331 e. The number of amides is 2. The van der Waals surface area contributed by atoms with Crippen molar-refractivity contribution in [1.82, 2.24) is 10.9 Å². The first kappa shape index (κ1) is 25.2. The molecular formula is C26H27ClN4O2S. The molecule has 2 amide bonds. The molecule has 0 bridgehead atoms. The average Bonchev–Trinajstić information content (AvgIpc) is 2.83. The van der Waals surface area contributed by atoms with Crippen molar-refractivity contribution in [1.29, 1.82) is 0 Å². The summed E-state index contributed by atoms with van der Waals surface area (Å²) in [4.78, 5) is 24.8. The third-order valence-electron chi connectivity index (χ3n) is 5.09. The van der Waals surface area contributed by atoms with Gasteiger partial charge in [0.2, 0.25) is 5.91 Å². The first-order valence-corrected chi connectivity index (χ1v) is 11.8. The van der Waals surface area contributed by atoms with Crippen LogP contribution in [0.5, 0.6) is 0 Å². The van der Waals surface area contributed by atoms with Crippen LogP contribution in [0.1, 0.15) is 40.7 Å². The van der Waals surface area contributed by atoms with Gasteiger partial charge in [-0.2, -0.15) is 0 Å². The van der Waals surface area contributed by atoms with Crippen molar-refractivity contribution in [3.05, 3.63) is 94.5 Å². The van der Waals surface area contributed by atoms with E-state index in [1.165, 1.54) is 5.56 Å². The Labute approximate surface area is 210 Å². The second kappa shape index (κ2) is 12.7. The number of unbranched alkanes of at least 4 members (excludes halogenated alkanes) is 1. The third-order valence-corrected chi connectivity index (χ3v) is 5.70. The predicted octanol–water partition coefficient (Wildman–Crippen LogP) is 5.63. The maximum absolute atomic E-state index is 12.5. The van der Waals surface area contributed by atoms with Crippen LogP contribution >= 0.6 is 23.8 Å². The molecule has 0 radical (unpaired) electrons. The van der Waals surface area contributed by atoms with Gasteiger partial charge in [0.15, 0.2) is 5.11 Å². The molecule has 0 aliphatic rings. The Bertz CT molecular complexity index is 1150. The number of rotatable bonds is 8. The SMILES string of the molecule is Cc1ccc(NC(=S)NNC(=O)c2cccc(NC(=O)CCCCc3ccccc3)c2)cc1Cl. The van der Waals surface area contributed by atoms with Crippen molar-refractivity contribution >= 4 is 52.1 Å². The Morgan fingerprint density at radius 2 is 1.62 bits per heavy atom. The van der Waals surface area contributed by atoms with Gasteiger partial charge in [0, 0.05) is 28.4 Å². The van der Waals surface area contributed by atoms with Crippen LogP contribution in [-0.2, 0) is 11.2 Å². The van der Waals surface area contributed by atoms with Gasteiger partial charge >= 0.3 is 0 Å². The van der Waals surface area contributed by atoms with Crippen LogP contribution in [0.4, 0.5) is 11.4 Å². The minimum Gasteiger partial charge on any atom is -0.331 e. The summed E-state index contributed by atoms with van der Waals surface area (Å²) in [5.74, 6) is -0.462. The summed E-state index contributed by atoms with van der Waals surface area (Å²) in [6.45, 7) is 1.91. The summed E-state index contributed by atoms with van der Waals surface area (Å²) >= 11 is 11.3. The average molecular weight is 495 g/mol. The molecule has 34 heavy (non-hydrogen) atoms. The summed E-state index contributed by atoms with van der Waals surface area (Å²) in [5.41, 5.74) is 9.09. The van der Waals surface area contributed by atoms with E-state index in [2.05, 4.69) is 33.6 Å². The maximum Gasteiger partial charge on any atom is 0.269 e. The van der Waals surface area contributed by atoms with E-state index in [4.69, 9.17) is 23.8 Å². The first-order valence-electron chi connectivity index (χ1n) is 11.0. The summed E-state index contributed by atoms with van der Waals surface area (Å²) in [7, 11) is 0. The molecule has 4 N–H and O–H groups in total. The molecule has 0 saturated heterocycles. The second-order valence-electron chi connectivity index (χ2n) is 7.82. The molecule has 0 aromatic heterocycles. The van der Waals surface area contributed by atoms with Gasteiger partial charge in [-0.05, 0) is 79.9 Å². The zero-order chi connectivity index (χ0) is 24.3. The first-order chi connectivity index (χ1) is 16.4. The van der Waals surface area contributed by atoms with Crippen LogP contribution in [0.25, 0.3) is 0 Å². The van der Waals surface area contributed by atoms with Crippen LogP contribution in [0.2, 0.25) is 5.02 Å². The van der Waals surface area contributed by atoms with Crippen LogP contribution in [0, 0.1) is 6.92 Å².